The van der Waals surface area contributed by atoms with Gasteiger partial charge in [-0.25, -0.2) is 4.39 Å². The van der Waals surface area contributed by atoms with Crippen molar-refractivity contribution >= 4 is 23.3 Å². The number of nitrogens with one attached hydrogen (secondary N) is 1. The Bertz CT molecular complexity index is 1220. The number of fused-ring (bicyclic) bond motifs is 1. The van der Waals surface area contributed by atoms with Gasteiger partial charge in [-0.15, -0.1) is 0 Å². The number of halogens is 1. The third-order valence-electron chi connectivity index (χ3n) is 5.12. The number of amides is 2. The Hall–Kier alpha value is -4.14. The fourth-order valence-electron chi connectivity index (χ4n) is 3.40. The first-order chi connectivity index (χ1) is 16.4. The predicted octanol–water partition coefficient (Wildman–Crippen LogP) is 3.75. The van der Waals surface area contributed by atoms with Crippen LogP contribution in [-0.4, -0.2) is 37.4 Å². The molecule has 176 valence electrons. The molecule has 0 aliphatic carbocycles. The van der Waals surface area contributed by atoms with Crippen LogP contribution >= 0.6 is 0 Å². The molecule has 1 N–H and O–H groups in total. The second-order valence-corrected chi connectivity index (χ2v) is 7.64. The lowest BCUT2D eigenvalue weighted by atomic mass is 10.1. The van der Waals surface area contributed by atoms with Gasteiger partial charge in [0.15, 0.2) is 24.8 Å². The number of hydrogen-bond acceptors (Lipinski definition) is 6. The van der Waals surface area contributed by atoms with E-state index in [9.17, 15) is 18.8 Å². The van der Waals surface area contributed by atoms with E-state index in [0.717, 1.165) is 6.42 Å². The second-order valence-electron chi connectivity index (χ2n) is 7.64. The van der Waals surface area contributed by atoms with Gasteiger partial charge in [0.2, 0.25) is 0 Å². The molecule has 0 atom stereocenters. The number of nitrogens with zero attached hydrogens (tertiary/aromatic N) is 1. The number of hydrogen-bond donors (Lipinski definition) is 1. The molecule has 1 aliphatic heterocycles. The van der Waals surface area contributed by atoms with Crippen molar-refractivity contribution in [2.24, 2.45) is 0 Å². The van der Waals surface area contributed by atoms with Crippen LogP contribution in [0.5, 0.6) is 11.5 Å². The van der Waals surface area contributed by atoms with Gasteiger partial charge in [-0.2, -0.15) is 0 Å². The van der Waals surface area contributed by atoms with E-state index in [2.05, 4.69) is 5.32 Å². The Kier molecular flexibility index (Phi) is 6.91. The minimum Gasteiger partial charge on any atom is -0.485 e. The lowest BCUT2D eigenvalue weighted by Gasteiger charge is -2.29. The second kappa shape index (κ2) is 10.2. The number of carbonyl (C=O) groups excluding carboxylic acids is 3. The summed E-state index contributed by atoms with van der Waals surface area (Å²) in [6.07, 6.45) is 0.798. The van der Waals surface area contributed by atoms with Crippen LogP contribution in [-0.2, 0) is 11.3 Å². The maximum absolute atomic E-state index is 13.3. The molecular weight excluding hydrogens is 443 g/mol. The summed E-state index contributed by atoms with van der Waals surface area (Å²) < 4.78 is 29.8. The molecule has 0 radical (unpaired) electrons. The first-order valence-electron chi connectivity index (χ1n) is 10.8. The summed E-state index contributed by atoms with van der Waals surface area (Å²) in [4.78, 5) is 38.8. The molecule has 0 fully saturated rings. The van der Waals surface area contributed by atoms with Gasteiger partial charge in [0.05, 0.1) is 12.2 Å². The summed E-state index contributed by atoms with van der Waals surface area (Å²) in [5, 5.41) is 2.73. The highest BCUT2D eigenvalue weighted by Crippen LogP contribution is 2.34. The van der Waals surface area contributed by atoms with Crippen LogP contribution in [0.15, 0.2) is 59.0 Å². The molecule has 0 spiro atoms. The molecule has 4 rings (SSSR count). The average molecular weight is 466 g/mol. The summed E-state index contributed by atoms with van der Waals surface area (Å²) in [6, 6.07) is 13.4. The predicted molar refractivity (Wildman–Crippen MR) is 121 cm³/mol. The molecule has 0 saturated heterocycles. The zero-order valence-electron chi connectivity index (χ0n) is 18.5. The van der Waals surface area contributed by atoms with Crippen molar-refractivity contribution in [1.82, 2.24) is 5.32 Å². The van der Waals surface area contributed by atoms with Crippen LogP contribution in [0.4, 0.5) is 10.1 Å². The van der Waals surface area contributed by atoms with Gasteiger partial charge in [-0.05, 0) is 48.9 Å². The van der Waals surface area contributed by atoms with Crippen LogP contribution in [0.2, 0.25) is 0 Å². The minimum atomic E-state index is -0.464. The normalized spacial score (nSPS) is 12.6. The number of carbonyl (C=O) groups is 3. The Morgan fingerprint density at radius 3 is 2.79 bits per heavy atom. The van der Waals surface area contributed by atoms with Gasteiger partial charge in [-0.3, -0.25) is 19.3 Å². The van der Waals surface area contributed by atoms with Crippen molar-refractivity contribution in [1.29, 1.82) is 0 Å². The van der Waals surface area contributed by atoms with Gasteiger partial charge in [0.25, 0.3) is 11.8 Å². The Labute approximate surface area is 195 Å². The minimum absolute atomic E-state index is 0.0632. The first kappa shape index (κ1) is 23.0. The molecule has 2 aromatic carbocycles. The largest absolute Gasteiger partial charge is 0.485 e. The Morgan fingerprint density at radius 1 is 1.15 bits per heavy atom. The van der Waals surface area contributed by atoms with Gasteiger partial charge in [0.1, 0.15) is 23.1 Å². The Morgan fingerprint density at radius 2 is 2.00 bits per heavy atom. The van der Waals surface area contributed by atoms with E-state index in [4.69, 9.17) is 13.9 Å². The highest BCUT2D eigenvalue weighted by Gasteiger charge is 2.28. The summed E-state index contributed by atoms with van der Waals surface area (Å²) in [7, 11) is 0. The van der Waals surface area contributed by atoms with E-state index >= 15 is 0 Å². The highest BCUT2D eigenvalue weighted by atomic mass is 19.1. The van der Waals surface area contributed by atoms with Gasteiger partial charge >= 0.3 is 0 Å². The number of benzene rings is 2. The van der Waals surface area contributed by atoms with Crippen LogP contribution in [0.1, 0.15) is 40.0 Å². The van der Waals surface area contributed by atoms with E-state index in [1.807, 2.05) is 6.92 Å². The summed E-state index contributed by atoms with van der Waals surface area (Å²) >= 11 is 0. The lowest BCUT2D eigenvalue weighted by molar-refractivity contribution is -0.121. The quantitative estimate of drug-likeness (QED) is 0.483. The van der Waals surface area contributed by atoms with Gasteiger partial charge in [-0.1, -0.05) is 13.0 Å². The topological polar surface area (TPSA) is 98.1 Å². The summed E-state index contributed by atoms with van der Waals surface area (Å²) in [5.41, 5.74) is 0.707. The molecule has 9 heteroatoms. The molecule has 1 aromatic heterocycles. The van der Waals surface area contributed by atoms with E-state index in [-0.39, 0.29) is 48.9 Å². The maximum Gasteiger partial charge on any atom is 0.286 e. The Balaban J connectivity index is 1.49. The van der Waals surface area contributed by atoms with E-state index < -0.39 is 5.82 Å². The van der Waals surface area contributed by atoms with Gasteiger partial charge in [0, 0.05) is 18.2 Å². The SMILES string of the molecule is CCCNC(=O)c1ccc(CN2C(=O)COc3ccc(C(=O)COc4cccc(F)c4)cc32)o1. The highest BCUT2D eigenvalue weighted by molar-refractivity contribution is 6.02. The van der Waals surface area contributed by atoms with Crippen molar-refractivity contribution in [3.05, 3.63) is 77.5 Å². The standard InChI is InChI=1S/C25H23FN2O6/c1-2-10-27-25(31)23-9-7-19(34-23)13-28-20-11-16(6-8-22(20)33-15-24(28)30)21(29)14-32-18-5-3-4-17(26)12-18/h3-9,11-12H,2,10,13-15H2,1H3,(H,27,31). The average Bonchev–Trinajstić information content (AvgIpc) is 3.31. The smallest absolute Gasteiger partial charge is 0.286 e. The molecule has 1 aliphatic rings. The summed E-state index contributed by atoms with van der Waals surface area (Å²) in [6.45, 7) is 2.08. The van der Waals surface area contributed by atoms with E-state index in [0.29, 0.717) is 29.3 Å². The molecule has 8 nitrogen and oxygen atoms in total. The monoisotopic (exact) mass is 466 g/mol. The van der Waals surface area contributed by atoms with E-state index in [1.54, 1.807) is 36.4 Å². The van der Waals surface area contributed by atoms with Crippen molar-refractivity contribution in [3.63, 3.8) is 0 Å². The van der Waals surface area contributed by atoms with Crippen LogP contribution < -0.4 is 19.7 Å². The van der Waals surface area contributed by atoms with Crippen LogP contribution in [0, 0.1) is 5.82 Å². The number of ketones is 1. The van der Waals surface area contributed by atoms with Crippen molar-refractivity contribution < 1.29 is 32.7 Å². The molecule has 3 aromatic rings. The number of furan rings is 1. The molecule has 0 unspecified atom stereocenters. The fraction of sp³-hybridized carbons (Fsp3) is 0.240. The van der Waals surface area contributed by atoms with Crippen LogP contribution in [0.3, 0.4) is 0 Å². The van der Waals surface area contributed by atoms with E-state index in [1.165, 1.54) is 23.1 Å². The van der Waals surface area contributed by atoms with Crippen molar-refractivity contribution in [2.45, 2.75) is 19.9 Å². The third-order valence-corrected chi connectivity index (χ3v) is 5.12. The number of rotatable bonds is 9. The molecule has 34 heavy (non-hydrogen) atoms. The molecule has 0 bridgehead atoms. The van der Waals surface area contributed by atoms with Crippen molar-refractivity contribution in [3.8, 4) is 11.5 Å². The first-order valence-corrected chi connectivity index (χ1v) is 10.8. The molecular formula is C25H23FN2O6. The fourth-order valence-corrected chi connectivity index (χ4v) is 3.40. The number of ether oxygens (including phenoxy) is 2. The zero-order valence-corrected chi connectivity index (χ0v) is 18.5. The number of Topliss-reactive ketones (excluding diaryl/α,β-unsaturated/α-hetero) is 1. The zero-order chi connectivity index (χ0) is 24.1. The summed E-state index contributed by atoms with van der Waals surface area (Å²) in [5.74, 6) is -0.212. The van der Waals surface area contributed by atoms with Crippen molar-refractivity contribution in [2.75, 3.05) is 24.7 Å². The van der Waals surface area contributed by atoms with Crippen LogP contribution in [0.25, 0.3) is 0 Å². The molecule has 2 heterocycles. The third kappa shape index (κ3) is 5.25. The van der Waals surface area contributed by atoms with Gasteiger partial charge < -0.3 is 19.2 Å². The number of anilines is 1. The molecule has 0 saturated carbocycles. The molecule has 2 amide bonds. The lowest BCUT2D eigenvalue weighted by Crippen LogP contribution is -2.38. The maximum atomic E-state index is 13.3.